The molecule has 3 heterocycles. The molecule has 3 unspecified atom stereocenters. The smallest absolute Gasteiger partial charge is 0.244 e. The summed E-state index contributed by atoms with van der Waals surface area (Å²) in [6.07, 6.45) is 4.46. The first-order chi connectivity index (χ1) is 14.7. The van der Waals surface area contributed by atoms with E-state index in [-0.39, 0.29) is 41.4 Å². The van der Waals surface area contributed by atoms with Crippen LogP contribution in [0.2, 0.25) is 0 Å². The van der Waals surface area contributed by atoms with Crippen LogP contribution in [0, 0.1) is 23.7 Å². The molecule has 8 heteroatoms. The van der Waals surface area contributed by atoms with E-state index in [1.165, 1.54) is 0 Å². The zero-order valence-electron chi connectivity index (χ0n) is 19.5. The molecule has 31 heavy (non-hydrogen) atoms. The lowest BCUT2D eigenvalue weighted by molar-refractivity contribution is -0.143. The maximum Gasteiger partial charge on any atom is 0.244 e. The van der Waals surface area contributed by atoms with Crippen molar-refractivity contribution in [3.8, 4) is 0 Å². The third kappa shape index (κ3) is 3.99. The molecule has 0 radical (unpaired) electrons. The van der Waals surface area contributed by atoms with Gasteiger partial charge in [-0.25, -0.2) is 0 Å². The minimum Gasteiger partial charge on any atom is -0.394 e. The van der Waals surface area contributed by atoms with E-state index in [0.717, 1.165) is 25.7 Å². The zero-order valence-corrected chi connectivity index (χ0v) is 20.3. The summed E-state index contributed by atoms with van der Waals surface area (Å²) in [4.78, 5) is 41.9. The van der Waals surface area contributed by atoms with Gasteiger partial charge in [0.2, 0.25) is 17.7 Å². The average Bonchev–Trinajstić information content (AvgIpc) is 3.32. The van der Waals surface area contributed by atoms with Gasteiger partial charge in [0, 0.05) is 18.8 Å². The van der Waals surface area contributed by atoms with Crippen LogP contribution in [-0.4, -0.2) is 70.0 Å². The van der Waals surface area contributed by atoms with Crippen LogP contribution in [0.1, 0.15) is 59.8 Å². The second kappa shape index (κ2) is 9.69. The maximum absolute atomic E-state index is 13.9. The number of hydrogen-bond acceptors (Lipinski definition) is 5. The fourth-order valence-electron chi connectivity index (χ4n) is 6.12. The Kier molecular flexibility index (Phi) is 7.62. The molecule has 3 N–H and O–H groups in total. The number of nitrogens with one attached hydrogen (secondary N) is 2. The molecule has 1 spiro atoms. The molecule has 2 bridgehead atoms. The third-order valence-electron chi connectivity index (χ3n) is 7.41. The van der Waals surface area contributed by atoms with Crippen molar-refractivity contribution in [2.24, 2.45) is 23.7 Å². The van der Waals surface area contributed by atoms with E-state index >= 15 is 0 Å². The van der Waals surface area contributed by atoms with E-state index in [0.29, 0.717) is 13.0 Å². The highest BCUT2D eigenvalue weighted by molar-refractivity contribution is 8.02. The van der Waals surface area contributed by atoms with Crippen LogP contribution in [0.4, 0.5) is 0 Å². The lowest BCUT2D eigenvalue weighted by atomic mass is 9.66. The van der Waals surface area contributed by atoms with E-state index in [1.54, 1.807) is 23.7 Å². The number of unbranched alkanes of at least 4 members (excludes halogenated alkanes) is 2. The summed E-state index contributed by atoms with van der Waals surface area (Å²) < 4.78 is -0.613. The summed E-state index contributed by atoms with van der Waals surface area (Å²) >= 11 is 1.68. The van der Waals surface area contributed by atoms with Gasteiger partial charge in [0.15, 0.2) is 0 Å². The Morgan fingerprint density at radius 2 is 2.00 bits per heavy atom. The van der Waals surface area contributed by atoms with Gasteiger partial charge in [-0.2, -0.15) is 0 Å². The number of fused-ring (bicyclic) bond motifs is 1. The van der Waals surface area contributed by atoms with Crippen LogP contribution in [0.25, 0.3) is 0 Å². The van der Waals surface area contributed by atoms with E-state index in [2.05, 4.69) is 38.3 Å². The van der Waals surface area contributed by atoms with Crippen molar-refractivity contribution >= 4 is 29.5 Å². The predicted molar refractivity (Wildman–Crippen MR) is 122 cm³/mol. The van der Waals surface area contributed by atoms with Crippen LogP contribution < -0.4 is 10.6 Å². The standard InChI is InChI=1S/C23H39N3O4S/c1-6-7-8-9-25-21(29)19-23-14(4)11-16(31-23)17(20(28)24-5)18(23)22(30)26(19)15(12-27)10-13(2)3/h13-19,27H,6-12H2,1-5H3,(H,24,28)(H,25,29)/t14?,15-,16+,17-,18+,19?,23?/m1/s1. The van der Waals surface area contributed by atoms with Crippen molar-refractivity contribution in [1.82, 2.24) is 15.5 Å². The Bertz CT molecular complexity index is 702. The number of thioether (sulfide) groups is 1. The summed E-state index contributed by atoms with van der Waals surface area (Å²) in [6.45, 7) is 8.75. The van der Waals surface area contributed by atoms with Crippen molar-refractivity contribution in [3.63, 3.8) is 0 Å². The summed E-state index contributed by atoms with van der Waals surface area (Å²) in [5, 5.41) is 16.1. The van der Waals surface area contributed by atoms with E-state index < -0.39 is 28.7 Å². The first-order valence-electron chi connectivity index (χ1n) is 11.8. The largest absolute Gasteiger partial charge is 0.394 e. The number of hydrogen-bond donors (Lipinski definition) is 3. The summed E-state index contributed by atoms with van der Waals surface area (Å²) in [5.74, 6) is -0.899. The maximum atomic E-state index is 13.9. The minimum atomic E-state index is -0.651. The van der Waals surface area contributed by atoms with Crippen LogP contribution in [0.15, 0.2) is 0 Å². The van der Waals surface area contributed by atoms with Gasteiger partial charge in [-0.15, -0.1) is 11.8 Å². The van der Waals surface area contributed by atoms with E-state index in [4.69, 9.17) is 0 Å². The molecule has 7 nitrogen and oxygen atoms in total. The molecule has 0 aromatic carbocycles. The number of carbonyl (C=O) groups is 3. The lowest BCUT2D eigenvalue weighted by Crippen LogP contribution is -2.58. The highest BCUT2D eigenvalue weighted by atomic mass is 32.2. The molecule has 176 valence electrons. The van der Waals surface area contributed by atoms with Crippen molar-refractivity contribution < 1.29 is 19.5 Å². The molecule has 3 rings (SSSR count). The first kappa shape index (κ1) is 24.4. The number of rotatable bonds is 10. The summed E-state index contributed by atoms with van der Waals surface area (Å²) in [5.41, 5.74) is 0. The topological polar surface area (TPSA) is 98.7 Å². The molecule has 3 amide bonds. The van der Waals surface area contributed by atoms with Crippen LogP contribution in [-0.2, 0) is 14.4 Å². The quantitative estimate of drug-likeness (QED) is 0.438. The van der Waals surface area contributed by atoms with Gasteiger partial charge in [-0.05, 0) is 31.1 Å². The Balaban J connectivity index is 2.01. The second-order valence-electron chi connectivity index (χ2n) is 9.88. The molecule has 0 saturated carbocycles. The molecule has 7 atom stereocenters. The molecule has 3 saturated heterocycles. The Morgan fingerprint density at radius 1 is 1.29 bits per heavy atom. The fourth-order valence-corrected chi connectivity index (χ4v) is 8.53. The normalized spacial score (nSPS) is 34.9. The van der Waals surface area contributed by atoms with Crippen molar-refractivity contribution in [2.45, 2.75) is 81.9 Å². The molecule has 0 aromatic rings. The van der Waals surface area contributed by atoms with Crippen LogP contribution in [0.3, 0.4) is 0 Å². The fraction of sp³-hybridized carbons (Fsp3) is 0.870. The van der Waals surface area contributed by atoms with Crippen molar-refractivity contribution in [1.29, 1.82) is 0 Å². The molecule has 3 fully saturated rings. The van der Waals surface area contributed by atoms with Crippen molar-refractivity contribution in [2.75, 3.05) is 20.2 Å². The van der Waals surface area contributed by atoms with E-state index in [9.17, 15) is 19.5 Å². The van der Waals surface area contributed by atoms with Crippen LogP contribution in [0.5, 0.6) is 0 Å². The third-order valence-corrected chi connectivity index (χ3v) is 9.48. The number of aliphatic hydroxyl groups excluding tert-OH is 1. The highest BCUT2D eigenvalue weighted by Crippen LogP contribution is 2.68. The van der Waals surface area contributed by atoms with E-state index in [1.807, 2.05) is 0 Å². The van der Waals surface area contributed by atoms with Gasteiger partial charge in [0.05, 0.1) is 29.2 Å². The Morgan fingerprint density at radius 3 is 2.58 bits per heavy atom. The second-order valence-corrected chi connectivity index (χ2v) is 11.4. The lowest BCUT2D eigenvalue weighted by Gasteiger charge is -2.40. The predicted octanol–water partition coefficient (Wildman–Crippen LogP) is 1.78. The summed E-state index contributed by atoms with van der Waals surface area (Å²) in [7, 11) is 1.61. The number of aliphatic hydroxyl groups is 1. The van der Waals surface area contributed by atoms with Gasteiger partial charge in [-0.1, -0.05) is 40.5 Å². The molecule has 0 aliphatic carbocycles. The molecular weight excluding hydrogens is 414 g/mol. The monoisotopic (exact) mass is 453 g/mol. The Labute approximate surface area is 190 Å². The van der Waals surface area contributed by atoms with Gasteiger partial charge < -0.3 is 20.6 Å². The number of carbonyl (C=O) groups excluding carboxylic acids is 3. The minimum absolute atomic E-state index is 0.0547. The number of likely N-dealkylation sites (tertiary alicyclic amines) is 1. The highest BCUT2D eigenvalue weighted by Gasteiger charge is 2.76. The zero-order chi connectivity index (χ0) is 22.9. The number of nitrogens with zero attached hydrogens (tertiary/aromatic N) is 1. The van der Waals surface area contributed by atoms with Gasteiger partial charge in [0.25, 0.3) is 0 Å². The molecule has 0 aromatic heterocycles. The van der Waals surface area contributed by atoms with Gasteiger partial charge in [0.1, 0.15) is 6.04 Å². The Hall–Kier alpha value is -1.28. The molecule has 3 aliphatic heterocycles. The SMILES string of the molecule is CCCCCNC(=O)C1N([C@@H](CO)CC(C)C)C(=O)[C@@H]2[C@H](C(=O)NC)[C@@H]3CC(C)C12S3. The van der Waals surface area contributed by atoms with Crippen molar-refractivity contribution in [3.05, 3.63) is 0 Å². The molecular formula is C23H39N3O4S. The average molecular weight is 454 g/mol. The van der Waals surface area contributed by atoms with Crippen LogP contribution >= 0.6 is 11.8 Å². The van der Waals surface area contributed by atoms with Gasteiger partial charge >= 0.3 is 0 Å². The summed E-state index contributed by atoms with van der Waals surface area (Å²) in [6, 6.07) is -1.07. The first-order valence-corrected chi connectivity index (χ1v) is 12.7. The van der Waals surface area contributed by atoms with Gasteiger partial charge in [-0.3, -0.25) is 14.4 Å². The number of amides is 3. The molecule has 3 aliphatic rings.